The van der Waals surface area contributed by atoms with Crippen LogP contribution in [0.2, 0.25) is 0 Å². The summed E-state index contributed by atoms with van der Waals surface area (Å²) in [5, 5.41) is 16.1. The number of carboxylic acid groups (broad SMARTS) is 1. The number of aromatic carboxylic acids is 1. The van der Waals surface area contributed by atoms with Gasteiger partial charge in [0, 0.05) is 18.0 Å². The molecule has 7 heteroatoms. The number of anilines is 1. The van der Waals surface area contributed by atoms with Crippen molar-refractivity contribution in [2.75, 3.05) is 5.32 Å². The molecule has 0 radical (unpaired) electrons. The summed E-state index contributed by atoms with van der Waals surface area (Å²) in [4.78, 5) is 28.6. The summed E-state index contributed by atoms with van der Waals surface area (Å²) in [6.45, 7) is 0. The molecule has 0 aliphatic heterocycles. The molecule has 0 aliphatic carbocycles. The number of hydrogen-bond acceptors (Lipinski definition) is 4. The van der Waals surface area contributed by atoms with E-state index in [1.165, 1.54) is 12.3 Å². The number of pyridine rings is 1. The first-order valence-electron chi connectivity index (χ1n) is 8.83. The quantitative estimate of drug-likeness (QED) is 0.483. The van der Waals surface area contributed by atoms with Gasteiger partial charge in [-0.25, -0.2) is 4.79 Å². The van der Waals surface area contributed by atoms with Crippen molar-refractivity contribution >= 4 is 28.9 Å². The van der Waals surface area contributed by atoms with Crippen molar-refractivity contribution in [1.82, 2.24) is 4.98 Å². The minimum absolute atomic E-state index is 0. The summed E-state index contributed by atoms with van der Waals surface area (Å²) in [5.74, 6) is -1.52. The standard InChI is InChI=1S/C23H16N2O3S.Na.H/c26-22(19-10-18(12-24-13-19)15-4-2-1-3-5-15)25-21-11-16(17-8-9-29-14-17)6-7-20(21)23(27)28;;/h1-14H,(H,25,26)(H,27,28);;/q;+1;-1. The fraction of sp³-hybridized carbons (Fsp3) is 0. The van der Waals surface area contributed by atoms with Gasteiger partial charge in [-0.2, -0.15) is 11.3 Å². The molecule has 0 atom stereocenters. The maximum absolute atomic E-state index is 12.8. The minimum atomic E-state index is -1.10. The van der Waals surface area contributed by atoms with E-state index in [9.17, 15) is 14.7 Å². The molecule has 0 saturated heterocycles. The average Bonchev–Trinajstić information content (AvgIpc) is 3.29. The number of aromatic nitrogens is 1. The molecule has 0 unspecified atom stereocenters. The number of nitrogens with zero attached hydrogens (tertiary/aromatic N) is 1. The molecule has 0 spiro atoms. The molecule has 0 bridgehead atoms. The molecule has 2 N–H and O–H groups in total. The molecular formula is C23H17N2NaO3S. The SMILES string of the molecule is O=C(Nc1cc(-c2ccsc2)ccc1C(=O)O)c1cncc(-c2ccccc2)c1.[H-].[Na+]. The molecule has 2 aromatic carbocycles. The van der Waals surface area contributed by atoms with Gasteiger partial charge in [-0.15, -0.1) is 0 Å². The Kier molecular flexibility index (Phi) is 7.18. The summed E-state index contributed by atoms with van der Waals surface area (Å²) in [7, 11) is 0. The second kappa shape index (κ2) is 9.82. The van der Waals surface area contributed by atoms with Gasteiger partial charge < -0.3 is 11.8 Å². The van der Waals surface area contributed by atoms with Gasteiger partial charge in [0.25, 0.3) is 5.91 Å². The third-order valence-electron chi connectivity index (χ3n) is 4.46. The van der Waals surface area contributed by atoms with E-state index in [0.29, 0.717) is 5.56 Å². The predicted octanol–water partition coefficient (Wildman–Crippen LogP) is 2.54. The number of hydrogen-bond donors (Lipinski definition) is 2. The van der Waals surface area contributed by atoms with Crippen LogP contribution < -0.4 is 34.9 Å². The zero-order valence-corrected chi connectivity index (χ0v) is 19.0. The van der Waals surface area contributed by atoms with Crippen LogP contribution in [0.3, 0.4) is 0 Å². The van der Waals surface area contributed by atoms with Crippen LogP contribution in [0.25, 0.3) is 22.3 Å². The van der Waals surface area contributed by atoms with Gasteiger partial charge >= 0.3 is 35.5 Å². The summed E-state index contributed by atoms with van der Waals surface area (Å²) in [6, 6.07) is 18.2. The maximum Gasteiger partial charge on any atom is 1.00 e. The van der Waals surface area contributed by atoms with E-state index in [4.69, 9.17) is 0 Å². The Hall–Kier alpha value is -2.77. The molecule has 2 aromatic heterocycles. The van der Waals surface area contributed by atoms with Gasteiger partial charge in [0.2, 0.25) is 0 Å². The minimum Gasteiger partial charge on any atom is -1.00 e. The van der Waals surface area contributed by atoms with Crippen LogP contribution in [0.1, 0.15) is 22.1 Å². The molecule has 144 valence electrons. The van der Waals surface area contributed by atoms with Gasteiger partial charge in [0.15, 0.2) is 0 Å². The van der Waals surface area contributed by atoms with Crippen LogP contribution in [0.4, 0.5) is 5.69 Å². The van der Waals surface area contributed by atoms with E-state index >= 15 is 0 Å². The number of benzene rings is 2. The van der Waals surface area contributed by atoms with Crippen LogP contribution in [0.5, 0.6) is 0 Å². The van der Waals surface area contributed by atoms with Crippen molar-refractivity contribution in [2.45, 2.75) is 0 Å². The predicted molar refractivity (Wildman–Crippen MR) is 115 cm³/mol. The molecule has 2 heterocycles. The third kappa shape index (κ3) is 4.86. The van der Waals surface area contributed by atoms with Gasteiger partial charge in [-0.3, -0.25) is 9.78 Å². The summed E-state index contributed by atoms with van der Waals surface area (Å²) >= 11 is 1.55. The third-order valence-corrected chi connectivity index (χ3v) is 5.14. The van der Waals surface area contributed by atoms with Crippen LogP contribution in [0, 0.1) is 0 Å². The first-order chi connectivity index (χ1) is 14.1. The van der Waals surface area contributed by atoms with E-state index in [0.717, 1.165) is 22.3 Å². The molecule has 0 fully saturated rings. The molecule has 0 saturated carbocycles. The fourth-order valence-electron chi connectivity index (χ4n) is 2.99. The fourth-order valence-corrected chi connectivity index (χ4v) is 3.65. The maximum atomic E-state index is 12.8. The molecule has 4 aromatic rings. The smallest absolute Gasteiger partial charge is 1.00 e. The molecule has 30 heavy (non-hydrogen) atoms. The first-order valence-corrected chi connectivity index (χ1v) is 9.78. The van der Waals surface area contributed by atoms with Crippen LogP contribution in [-0.4, -0.2) is 22.0 Å². The Morgan fingerprint density at radius 3 is 2.40 bits per heavy atom. The van der Waals surface area contributed by atoms with E-state index in [1.807, 2.05) is 47.2 Å². The summed E-state index contributed by atoms with van der Waals surface area (Å²) < 4.78 is 0. The Morgan fingerprint density at radius 1 is 0.900 bits per heavy atom. The van der Waals surface area contributed by atoms with Gasteiger partial charge in [-0.1, -0.05) is 36.4 Å². The molecular weight excluding hydrogens is 407 g/mol. The number of carbonyl (C=O) groups excluding carboxylic acids is 1. The number of carboxylic acids is 1. The van der Waals surface area contributed by atoms with Crippen molar-refractivity contribution in [3.63, 3.8) is 0 Å². The Balaban J connectivity index is 0.00000171. The number of amides is 1. The number of thiophene rings is 1. The van der Waals surface area contributed by atoms with Crippen LogP contribution in [-0.2, 0) is 0 Å². The van der Waals surface area contributed by atoms with E-state index in [2.05, 4.69) is 10.3 Å². The largest absolute Gasteiger partial charge is 1.00 e. The van der Waals surface area contributed by atoms with Crippen molar-refractivity contribution in [2.24, 2.45) is 0 Å². The van der Waals surface area contributed by atoms with Gasteiger partial charge in [-0.05, 0) is 51.7 Å². The Bertz CT molecular complexity index is 1180. The molecule has 5 nitrogen and oxygen atoms in total. The normalized spacial score (nSPS) is 10.1. The van der Waals surface area contributed by atoms with Crippen molar-refractivity contribution in [3.05, 3.63) is 94.9 Å². The van der Waals surface area contributed by atoms with Gasteiger partial charge in [0.05, 0.1) is 16.8 Å². The molecule has 4 rings (SSSR count). The van der Waals surface area contributed by atoms with Crippen molar-refractivity contribution < 1.29 is 45.7 Å². The molecule has 0 aliphatic rings. The second-order valence-corrected chi connectivity index (χ2v) is 7.14. The topological polar surface area (TPSA) is 79.3 Å². The average molecular weight is 424 g/mol. The zero-order valence-electron chi connectivity index (χ0n) is 17.2. The van der Waals surface area contributed by atoms with Crippen molar-refractivity contribution in [3.8, 4) is 22.3 Å². The van der Waals surface area contributed by atoms with E-state index in [1.54, 1.807) is 35.7 Å². The molecule has 1 amide bonds. The Morgan fingerprint density at radius 2 is 1.70 bits per heavy atom. The summed E-state index contributed by atoms with van der Waals surface area (Å²) in [6.07, 6.45) is 3.15. The second-order valence-electron chi connectivity index (χ2n) is 6.36. The van der Waals surface area contributed by atoms with E-state index < -0.39 is 11.9 Å². The van der Waals surface area contributed by atoms with E-state index in [-0.39, 0.29) is 42.2 Å². The van der Waals surface area contributed by atoms with Crippen LogP contribution in [0.15, 0.2) is 83.8 Å². The number of carbonyl (C=O) groups is 2. The first kappa shape index (κ1) is 21.9. The number of nitrogens with one attached hydrogen (secondary N) is 1. The monoisotopic (exact) mass is 424 g/mol. The van der Waals surface area contributed by atoms with Crippen molar-refractivity contribution in [1.29, 1.82) is 0 Å². The van der Waals surface area contributed by atoms with Gasteiger partial charge in [0.1, 0.15) is 0 Å². The number of rotatable bonds is 5. The zero-order chi connectivity index (χ0) is 20.2. The van der Waals surface area contributed by atoms with Crippen LogP contribution >= 0.6 is 11.3 Å². The Labute approximate surface area is 201 Å². The summed E-state index contributed by atoms with van der Waals surface area (Å²) in [5.41, 5.74) is 4.19.